The van der Waals surface area contributed by atoms with Crippen LogP contribution in [-0.2, 0) is 4.79 Å². The van der Waals surface area contributed by atoms with Crippen LogP contribution < -0.4 is 14.2 Å². The summed E-state index contributed by atoms with van der Waals surface area (Å²) in [4.78, 5) is 14.0. The van der Waals surface area contributed by atoms with E-state index in [9.17, 15) is 9.90 Å². The van der Waals surface area contributed by atoms with Gasteiger partial charge >= 0.3 is 5.97 Å². The molecule has 0 saturated carbocycles. The molecule has 1 saturated heterocycles. The topological polar surface area (TPSA) is 68.2 Å². The van der Waals surface area contributed by atoms with Gasteiger partial charge in [-0.1, -0.05) is 29.3 Å². The smallest absolute Gasteiger partial charge is 0.320 e. The lowest BCUT2D eigenvalue weighted by molar-refractivity contribution is -0.142. The van der Waals surface area contributed by atoms with E-state index in [4.69, 9.17) is 14.2 Å². The Morgan fingerprint density at radius 3 is 2.24 bits per heavy atom. The summed E-state index contributed by atoms with van der Waals surface area (Å²) >= 11 is 0. The van der Waals surface area contributed by atoms with Gasteiger partial charge in [0.05, 0.1) is 27.4 Å². The summed E-state index contributed by atoms with van der Waals surface area (Å²) < 4.78 is 16.8. The van der Waals surface area contributed by atoms with Gasteiger partial charge in [0.1, 0.15) is 6.04 Å². The number of aliphatic carboxylic acids is 1. The molecule has 2 aromatic rings. The first-order valence-corrected chi connectivity index (χ1v) is 9.76. The van der Waals surface area contributed by atoms with E-state index in [-0.39, 0.29) is 6.04 Å². The minimum atomic E-state index is -0.795. The Kier molecular flexibility index (Phi) is 6.33. The molecule has 3 rings (SSSR count). The van der Waals surface area contributed by atoms with E-state index in [1.165, 1.54) is 0 Å². The van der Waals surface area contributed by atoms with Crippen LogP contribution in [0.2, 0.25) is 0 Å². The summed E-state index contributed by atoms with van der Waals surface area (Å²) in [5.41, 5.74) is 4.18. The molecule has 0 aliphatic carbocycles. The number of benzene rings is 2. The van der Waals surface area contributed by atoms with Gasteiger partial charge < -0.3 is 19.3 Å². The van der Waals surface area contributed by atoms with Crippen molar-refractivity contribution in [3.8, 4) is 17.2 Å². The number of carboxylic acid groups (broad SMARTS) is 1. The molecule has 29 heavy (non-hydrogen) atoms. The Bertz CT molecular complexity index is 875. The number of ether oxygens (including phenoxy) is 3. The van der Waals surface area contributed by atoms with Gasteiger partial charge in [-0.05, 0) is 44.4 Å². The van der Waals surface area contributed by atoms with Crippen LogP contribution in [0.4, 0.5) is 0 Å². The molecule has 1 aliphatic rings. The largest absolute Gasteiger partial charge is 0.493 e. The second-order valence-electron chi connectivity index (χ2n) is 7.48. The Morgan fingerprint density at radius 1 is 1.03 bits per heavy atom. The maximum Gasteiger partial charge on any atom is 0.320 e. The Hall–Kier alpha value is -2.73. The summed E-state index contributed by atoms with van der Waals surface area (Å²) in [6, 6.07) is 9.32. The number of carbonyl (C=O) groups is 1. The van der Waals surface area contributed by atoms with Crippen LogP contribution in [0.5, 0.6) is 17.2 Å². The molecule has 1 aliphatic heterocycles. The van der Waals surface area contributed by atoms with Gasteiger partial charge in [0.2, 0.25) is 5.75 Å². The number of nitrogens with zero attached hydrogens (tertiary/aromatic N) is 1. The molecule has 6 nitrogen and oxygen atoms in total. The third-order valence-electron chi connectivity index (χ3n) is 5.50. The molecular formula is C23H29NO5. The molecule has 2 aromatic carbocycles. The summed E-state index contributed by atoms with van der Waals surface area (Å²) in [7, 11) is 4.75. The number of hydrogen-bond donors (Lipinski definition) is 1. The average Bonchev–Trinajstić information content (AvgIpc) is 3.16. The number of hydrogen-bond acceptors (Lipinski definition) is 5. The maximum absolute atomic E-state index is 12.0. The van der Waals surface area contributed by atoms with E-state index in [0.29, 0.717) is 30.2 Å². The summed E-state index contributed by atoms with van der Waals surface area (Å²) in [6.07, 6.45) is 1.47. The number of likely N-dealkylation sites (tertiary alicyclic amines) is 1. The minimum absolute atomic E-state index is 0.271. The standard InChI is InChI=1S/C23H29NO5/c1-14-11-15(2)13-16(12-14)20(24-10-6-7-18(24)23(25)26)17-8-9-19(27-3)22(29-5)21(17)28-4/h8-9,11-13,18,20H,6-7,10H2,1-5H3,(H,25,26). The predicted octanol–water partition coefficient (Wildman–Crippen LogP) is 3.97. The molecule has 0 aromatic heterocycles. The summed E-state index contributed by atoms with van der Waals surface area (Å²) in [5, 5.41) is 9.83. The van der Waals surface area contributed by atoms with Crippen molar-refractivity contribution in [2.75, 3.05) is 27.9 Å². The molecule has 2 atom stereocenters. The Morgan fingerprint density at radius 2 is 1.69 bits per heavy atom. The third-order valence-corrected chi connectivity index (χ3v) is 5.50. The van der Waals surface area contributed by atoms with Crippen molar-refractivity contribution in [1.82, 2.24) is 4.90 Å². The fraction of sp³-hybridized carbons (Fsp3) is 0.435. The van der Waals surface area contributed by atoms with Crippen molar-refractivity contribution < 1.29 is 24.1 Å². The molecule has 0 radical (unpaired) electrons. The monoisotopic (exact) mass is 399 g/mol. The zero-order chi connectivity index (χ0) is 21.1. The number of aryl methyl sites for hydroxylation is 2. The summed E-state index contributed by atoms with van der Waals surface area (Å²) in [6.45, 7) is 4.81. The van der Waals surface area contributed by atoms with E-state index in [1.54, 1.807) is 21.3 Å². The van der Waals surface area contributed by atoms with Crippen LogP contribution in [0.15, 0.2) is 30.3 Å². The van der Waals surface area contributed by atoms with Crippen LogP contribution in [-0.4, -0.2) is 49.9 Å². The van der Waals surface area contributed by atoms with Crippen molar-refractivity contribution in [3.63, 3.8) is 0 Å². The van der Waals surface area contributed by atoms with Crippen molar-refractivity contribution in [2.24, 2.45) is 0 Å². The molecule has 1 N–H and O–H groups in total. The SMILES string of the molecule is COc1ccc(C(c2cc(C)cc(C)c2)N2CCCC2C(=O)O)c(OC)c1OC. The predicted molar refractivity (Wildman–Crippen MR) is 111 cm³/mol. The molecule has 0 amide bonds. The summed E-state index contributed by atoms with van der Waals surface area (Å²) in [5.74, 6) is 0.847. The van der Waals surface area contributed by atoms with E-state index in [0.717, 1.165) is 28.7 Å². The fourth-order valence-electron chi connectivity index (χ4n) is 4.42. The van der Waals surface area contributed by atoms with Gasteiger partial charge in [0.25, 0.3) is 0 Å². The molecule has 1 fully saturated rings. The molecule has 1 heterocycles. The number of rotatable bonds is 7. The first-order chi connectivity index (χ1) is 13.9. The number of carboxylic acids is 1. The van der Waals surface area contributed by atoms with Gasteiger partial charge in [0.15, 0.2) is 11.5 Å². The van der Waals surface area contributed by atoms with Gasteiger partial charge in [-0.15, -0.1) is 0 Å². The molecule has 0 spiro atoms. The molecular weight excluding hydrogens is 370 g/mol. The zero-order valence-electron chi connectivity index (χ0n) is 17.7. The van der Waals surface area contributed by atoms with E-state index in [2.05, 4.69) is 36.9 Å². The van der Waals surface area contributed by atoms with Crippen molar-refractivity contribution in [2.45, 2.75) is 38.8 Å². The van der Waals surface area contributed by atoms with Gasteiger partial charge in [-0.3, -0.25) is 9.69 Å². The van der Waals surface area contributed by atoms with Crippen LogP contribution in [0.3, 0.4) is 0 Å². The first kappa shape index (κ1) is 21.0. The zero-order valence-corrected chi connectivity index (χ0v) is 17.7. The van der Waals surface area contributed by atoms with E-state index >= 15 is 0 Å². The third kappa shape index (κ3) is 4.03. The highest BCUT2D eigenvalue weighted by atomic mass is 16.5. The highest BCUT2D eigenvalue weighted by Crippen LogP contribution is 2.46. The van der Waals surface area contributed by atoms with Crippen LogP contribution >= 0.6 is 0 Å². The van der Waals surface area contributed by atoms with Gasteiger partial charge in [-0.2, -0.15) is 0 Å². The molecule has 2 unspecified atom stereocenters. The van der Waals surface area contributed by atoms with E-state index in [1.807, 2.05) is 12.1 Å². The average molecular weight is 399 g/mol. The second-order valence-corrected chi connectivity index (χ2v) is 7.48. The minimum Gasteiger partial charge on any atom is -0.493 e. The van der Waals surface area contributed by atoms with E-state index < -0.39 is 12.0 Å². The lowest BCUT2D eigenvalue weighted by atomic mass is 9.92. The number of methoxy groups -OCH3 is 3. The van der Waals surface area contributed by atoms with Crippen LogP contribution in [0, 0.1) is 13.8 Å². The Balaban J connectivity index is 2.25. The lowest BCUT2D eigenvalue weighted by Gasteiger charge is -2.33. The normalized spacial score (nSPS) is 17.8. The van der Waals surface area contributed by atoms with Crippen LogP contribution in [0.25, 0.3) is 0 Å². The van der Waals surface area contributed by atoms with Gasteiger partial charge in [0, 0.05) is 12.1 Å². The molecule has 0 bridgehead atoms. The quantitative estimate of drug-likeness (QED) is 0.760. The van der Waals surface area contributed by atoms with Gasteiger partial charge in [-0.25, -0.2) is 0 Å². The highest BCUT2D eigenvalue weighted by Gasteiger charge is 2.38. The van der Waals surface area contributed by atoms with Crippen molar-refractivity contribution in [1.29, 1.82) is 0 Å². The first-order valence-electron chi connectivity index (χ1n) is 9.76. The molecule has 6 heteroatoms. The molecule has 156 valence electrons. The maximum atomic E-state index is 12.0. The van der Waals surface area contributed by atoms with Crippen molar-refractivity contribution >= 4 is 5.97 Å². The Labute approximate surface area is 172 Å². The van der Waals surface area contributed by atoms with Crippen molar-refractivity contribution in [3.05, 3.63) is 52.6 Å². The highest BCUT2D eigenvalue weighted by molar-refractivity contribution is 5.74. The fourth-order valence-corrected chi connectivity index (χ4v) is 4.42. The second kappa shape index (κ2) is 8.74. The van der Waals surface area contributed by atoms with Crippen LogP contribution in [0.1, 0.15) is 41.1 Å². The lowest BCUT2D eigenvalue weighted by Crippen LogP contribution is -2.39.